The molecule has 2 nitrogen and oxygen atoms in total. The lowest BCUT2D eigenvalue weighted by atomic mass is 9.99. The van der Waals surface area contributed by atoms with Crippen molar-refractivity contribution in [1.82, 2.24) is 10.3 Å². The van der Waals surface area contributed by atoms with Crippen molar-refractivity contribution in [2.24, 2.45) is 0 Å². The van der Waals surface area contributed by atoms with Gasteiger partial charge in [0.2, 0.25) is 0 Å². The van der Waals surface area contributed by atoms with Gasteiger partial charge in [-0.1, -0.05) is 6.42 Å². The van der Waals surface area contributed by atoms with Gasteiger partial charge in [-0.2, -0.15) is 0 Å². The molecule has 0 unspecified atom stereocenters. The Hall–Kier alpha value is 0.320. The van der Waals surface area contributed by atoms with Crippen LogP contribution in [0.2, 0.25) is 0 Å². The highest BCUT2D eigenvalue weighted by Gasteiger charge is 2.18. The quantitative estimate of drug-likeness (QED) is 0.609. The molecule has 0 spiro atoms. The van der Waals surface area contributed by atoms with E-state index in [1.807, 2.05) is 6.20 Å². The summed E-state index contributed by atoms with van der Waals surface area (Å²) in [5.41, 5.74) is 1.38. The molecular formula is C10H12BrIN2. The van der Waals surface area contributed by atoms with Crippen LogP contribution in [0.15, 0.2) is 16.9 Å². The maximum absolute atomic E-state index is 4.22. The van der Waals surface area contributed by atoms with Gasteiger partial charge in [0, 0.05) is 12.2 Å². The molecule has 1 aliphatic heterocycles. The summed E-state index contributed by atoms with van der Waals surface area (Å²) in [7, 11) is 0. The van der Waals surface area contributed by atoms with E-state index >= 15 is 0 Å². The molecule has 1 saturated heterocycles. The molecule has 76 valence electrons. The first-order chi connectivity index (χ1) is 6.79. The first-order valence-electron chi connectivity index (χ1n) is 4.82. The van der Waals surface area contributed by atoms with Crippen LogP contribution in [-0.4, -0.2) is 11.5 Å². The van der Waals surface area contributed by atoms with Gasteiger partial charge in [-0.25, -0.2) is 4.98 Å². The maximum Gasteiger partial charge on any atom is 0.119 e. The maximum atomic E-state index is 4.22. The number of aromatic nitrogens is 1. The third kappa shape index (κ3) is 2.28. The van der Waals surface area contributed by atoms with Crippen molar-refractivity contribution < 1.29 is 0 Å². The zero-order valence-electron chi connectivity index (χ0n) is 7.76. The molecular weight excluding hydrogens is 355 g/mol. The van der Waals surface area contributed by atoms with E-state index in [1.54, 1.807) is 0 Å². The van der Waals surface area contributed by atoms with Gasteiger partial charge >= 0.3 is 0 Å². The topological polar surface area (TPSA) is 24.9 Å². The molecule has 2 heterocycles. The van der Waals surface area contributed by atoms with Gasteiger partial charge in [0.1, 0.15) is 4.60 Å². The van der Waals surface area contributed by atoms with Crippen molar-refractivity contribution >= 4 is 38.5 Å². The average Bonchev–Trinajstić information content (AvgIpc) is 2.23. The minimum atomic E-state index is 0.523. The normalized spacial score (nSPS) is 22.3. The summed E-state index contributed by atoms with van der Waals surface area (Å²) in [5, 5.41) is 3.55. The summed E-state index contributed by atoms with van der Waals surface area (Å²) in [5.74, 6) is 0. The number of pyridine rings is 1. The summed E-state index contributed by atoms with van der Waals surface area (Å²) in [6.07, 6.45) is 5.75. The van der Waals surface area contributed by atoms with E-state index in [0.717, 1.165) is 11.1 Å². The van der Waals surface area contributed by atoms with E-state index in [1.165, 1.54) is 28.4 Å². The van der Waals surface area contributed by atoms with Crippen LogP contribution in [0, 0.1) is 3.57 Å². The Morgan fingerprint density at radius 3 is 3.07 bits per heavy atom. The smallest absolute Gasteiger partial charge is 0.119 e. The van der Waals surface area contributed by atoms with Crippen molar-refractivity contribution in [2.45, 2.75) is 25.3 Å². The molecule has 4 heteroatoms. The molecule has 1 fully saturated rings. The summed E-state index contributed by atoms with van der Waals surface area (Å²) in [6, 6.07) is 2.64. The molecule has 1 aliphatic rings. The highest BCUT2D eigenvalue weighted by atomic mass is 127. The number of nitrogens with zero attached hydrogens (tertiary/aromatic N) is 1. The fraction of sp³-hybridized carbons (Fsp3) is 0.500. The van der Waals surface area contributed by atoms with Crippen LogP contribution < -0.4 is 5.32 Å². The highest BCUT2D eigenvalue weighted by Crippen LogP contribution is 2.29. The predicted molar refractivity (Wildman–Crippen MR) is 69.2 cm³/mol. The average molecular weight is 367 g/mol. The van der Waals surface area contributed by atoms with Crippen molar-refractivity contribution in [3.63, 3.8) is 0 Å². The molecule has 0 aromatic carbocycles. The molecule has 1 aromatic rings. The summed E-state index contributed by atoms with van der Waals surface area (Å²) >= 11 is 5.82. The van der Waals surface area contributed by atoms with Crippen molar-refractivity contribution in [2.75, 3.05) is 6.54 Å². The third-order valence-corrected chi connectivity index (χ3v) is 5.04. The lowest BCUT2D eigenvalue weighted by Gasteiger charge is -2.24. The van der Waals surface area contributed by atoms with E-state index in [2.05, 4.69) is 54.9 Å². The Kier molecular flexibility index (Phi) is 3.79. The second-order valence-corrected chi connectivity index (χ2v) is 5.34. The fourth-order valence-corrected chi connectivity index (χ4v) is 2.86. The van der Waals surface area contributed by atoms with Crippen LogP contribution in [0.25, 0.3) is 0 Å². The second kappa shape index (κ2) is 4.90. The number of hydrogen-bond acceptors (Lipinski definition) is 2. The van der Waals surface area contributed by atoms with Crippen molar-refractivity contribution in [3.05, 3.63) is 26.0 Å². The van der Waals surface area contributed by atoms with Crippen LogP contribution in [0.5, 0.6) is 0 Å². The number of nitrogens with one attached hydrogen (secondary N) is 1. The second-order valence-electron chi connectivity index (χ2n) is 3.51. The molecule has 0 bridgehead atoms. The number of piperidine rings is 1. The van der Waals surface area contributed by atoms with Crippen molar-refractivity contribution in [3.8, 4) is 0 Å². The Bertz CT molecular complexity index is 324. The fourth-order valence-electron chi connectivity index (χ4n) is 1.82. The lowest BCUT2D eigenvalue weighted by molar-refractivity contribution is 0.410. The third-order valence-electron chi connectivity index (χ3n) is 2.56. The molecule has 1 aromatic heterocycles. The molecule has 1 N–H and O–H groups in total. The summed E-state index contributed by atoms with van der Waals surface area (Å²) in [6.45, 7) is 1.14. The highest BCUT2D eigenvalue weighted by molar-refractivity contribution is 14.1. The molecule has 0 saturated carbocycles. The van der Waals surface area contributed by atoms with Gasteiger partial charge in [0.05, 0.1) is 3.57 Å². The monoisotopic (exact) mass is 366 g/mol. The van der Waals surface area contributed by atoms with Gasteiger partial charge < -0.3 is 5.32 Å². The zero-order chi connectivity index (χ0) is 9.97. The van der Waals surface area contributed by atoms with Crippen molar-refractivity contribution in [1.29, 1.82) is 0 Å². The Morgan fingerprint density at radius 1 is 1.50 bits per heavy atom. The largest absolute Gasteiger partial charge is 0.310 e. The van der Waals surface area contributed by atoms with Gasteiger partial charge in [-0.3, -0.25) is 0 Å². The summed E-state index contributed by atoms with van der Waals surface area (Å²) in [4.78, 5) is 4.22. The lowest BCUT2D eigenvalue weighted by Crippen LogP contribution is -2.27. The van der Waals surface area contributed by atoms with Crippen LogP contribution >= 0.6 is 38.5 Å². The van der Waals surface area contributed by atoms with E-state index in [4.69, 9.17) is 0 Å². The zero-order valence-corrected chi connectivity index (χ0v) is 11.5. The minimum Gasteiger partial charge on any atom is -0.310 e. The summed E-state index contributed by atoms with van der Waals surface area (Å²) < 4.78 is 2.20. The molecule has 2 rings (SSSR count). The molecule has 0 radical (unpaired) electrons. The molecule has 1 atom stereocenters. The first kappa shape index (κ1) is 10.8. The number of hydrogen-bond donors (Lipinski definition) is 1. The van der Waals surface area contributed by atoms with Crippen LogP contribution in [0.3, 0.4) is 0 Å². The van der Waals surface area contributed by atoms with E-state index in [0.29, 0.717) is 6.04 Å². The standard InChI is InChI=1S/C10H12BrIN2/c11-10-9(12)7(4-6-14-10)8-3-1-2-5-13-8/h4,6,8,13H,1-3,5H2/t8-/m1/s1. The number of rotatable bonds is 1. The van der Waals surface area contributed by atoms with Gasteiger partial charge in [-0.05, 0) is 69.5 Å². The minimum absolute atomic E-state index is 0.523. The van der Waals surface area contributed by atoms with E-state index in [-0.39, 0.29) is 0 Å². The SMILES string of the molecule is Brc1nccc([C@H]2CCCCN2)c1I. The van der Waals surface area contributed by atoms with Gasteiger partial charge in [-0.15, -0.1) is 0 Å². The van der Waals surface area contributed by atoms with E-state index in [9.17, 15) is 0 Å². The molecule has 0 amide bonds. The Morgan fingerprint density at radius 2 is 2.36 bits per heavy atom. The molecule has 14 heavy (non-hydrogen) atoms. The first-order valence-corrected chi connectivity index (χ1v) is 6.69. The van der Waals surface area contributed by atoms with Gasteiger partial charge in [0.25, 0.3) is 0 Å². The number of halogens is 2. The van der Waals surface area contributed by atoms with Crippen LogP contribution in [0.4, 0.5) is 0 Å². The van der Waals surface area contributed by atoms with Crippen LogP contribution in [0.1, 0.15) is 30.9 Å². The predicted octanol–water partition coefficient (Wildman–Crippen LogP) is 3.26. The van der Waals surface area contributed by atoms with Gasteiger partial charge in [0.15, 0.2) is 0 Å². The Balaban J connectivity index is 2.26. The Labute approximate surface area is 106 Å². The molecule has 0 aliphatic carbocycles. The van der Waals surface area contributed by atoms with E-state index < -0.39 is 0 Å². The van der Waals surface area contributed by atoms with Crippen LogP contribution in [-0.2, 0) is 0 Å².